The van der Waals surface area contributed by atoms with E-state index in [0.29, 0.717) is 23.5 Å². The van der Waals surface area contributed by atoms with Crippen LogP contribution in [0.4, 0.5) is 0 Å². The van der Waals surface area contributed by atoms with E-state index in [1.165, 1.54) is 5.56 Å². The van der Waals surface area contributed by atoms with E-state index in [2.05, 4.69) is 95.2 Å². The van der Waals surface area contributed by atoms with Gasteiger partial charge in [-0.05, 0) is 75.4 Å². The summed E-state index contributed by atoms with van der Waals surface area (Å²) in [5.41, 5.74) is 3.38. The first-order chi connectivity index (χ1) is 13.7. The maximum atomic E-state index is 11.3. The fraction of sp³-hybridized carbons (Fsp3) is 0.793. The average Bonchev–Trinajstić information content (AvgIpc) is 2.53. The van der Waals surface area contributed by atoms with Gasteiger partial charge in [-0.1, -0.05) is 95.2 Å². The summed E-state index contributed by atoms with van der Waals surface area (Å²) in [5.74, 6) is 1.61. The first kappa shape index (κ1) is 26.2. The molecule has 2 N–H and O–H groups in total. The minimum absolute atomic E-state index is 0.0870. The number of aliphatic hydroxyl groups excluding tert-OH is 1. The zero-order valence-corrected chi connectivity index (χ0v) is 22.5. The van der Waals surface area contributed by atoms with Crippen LogP contribution >= 0.6 is 0 Å². The van der Waals surface area contributed by atoms with Gasteiger partial charge in [0.2, 0.25) is 0 Å². The molecule has 0 bridgehead atoms. The summed E-state index contributed by atoms with van der Waals surface area (Å²) in [7, 11) is 0. The highest BCUT2D eigenvalue weighted by atomic mass is 16.3. The van der Waals surface area contributed by atoms with Crippen LogP contribution in [0, 0.1) is 28.6 Å². The van der Waals surface area contributed by atoms with Gasteiger partial charge in [-0.15, -0.1) is 0 Å². The van der Waals surface area contributed by atoms with Gasteiger partial charge in [-0.2, -0.15) is 0 Å². The van der Waals surface area contributed by atoms with E-state index in [1.54, 1.807) is 0 Å². The van der Waals surface area contributed by atoms with Crippen molar-refractivity contribution in [1.29, 1.82) is 0 Å². The van der Waals surface area contributed by atoms with Crippen LogP contribution in [0.1, 0.15) is 113 Å². The number of aliphatic hydroxyl groups is 1. The van der Waals surface area contributed by atoms with Gasteiger partial charge in [0.05, 0.1) is 6.10 Å². The van der Waals surface area contributed by atoms with Gasteiger partial charge in [-0.3, -0.25) is 0 Å². The number of hydrogen-bond acceptors (Lipinski definition) is 2. The summed E-state index contributed by atoms with van der Waals surface area (Å²) in [6.45, 7) is 26.7. The van der Waals surface area contributed by atoms with E-state index in [0.717, 1.165) is 30.4 Å². The molecule has 0 amide bonds. The summed E-state index contributed by atoms with van der Waals surface area (Å²) in [6.07, 6.45) is 2.89. The molecule has 0 radical (unpaired) electrons. The summed E-state index contributed by atoms with van der Waals surface area (Å²) in [6, 6.07) is 4.49. The largest absolute Gasteiger partial charge is 0.507 e. The Balaban J connectivity index is 2.48. The maximum Gasteiger partial charge on any atom is 0.123 e. The third-order valence-corrected chi connectivity index (χ3v) is 7.53. The highest BCUT2D eigenvalue weighted by molar-refractivity contribution is 5.50. The summed E-state index contributed by atoms with van der Waals surface area (Å²) < 4.78 is 0. The number of hydrogen-bond donors (Lipinski definition) is 2. The van der Waals surface area contributed by atoms with Crippen LogP contribution in [-0.4, -0.2) is 16.3 Å². The van der Waals surface area contributed by atoms with E-state index in [-0.39, 0.29) is 27.8 Å². The van der Waals surface area contributed by atoms with Crippen molar-refractivity contribution in [3.05, 3.63) is 28.8 Å². The van der Waals surface area contributed by atoms with E-state index < -0.39 is 0 Å². The van der Waals surface area contributed by atoms with Gasteiger partial charge in [0.15, 0.2) is 0 Å². The minimum atomic E-state index is -0.244. The molecule has 2 atom stereocenters. The molecule has 1 aromatic carbocycles. The number of phenols is 1. The van der Waals surface area contributed by atoms with Crippen LogP contribution in [0.3, 0.4) is 0 Å². The molecule has 1 aliphatic carbocycles. The Morgan fingerprint density at radius 2 is 1.06 bits per heavy atom. The number of rotatable bonds is 2. The van der Waals surface area contributed by atoms with Crippen LogP contribution < -0.4 is 0 Å². The molecule has 2 heteroatoms. The van der Waals surface area contributed by atoms with Crippen LogP contribution in [-0.2, 0) is 17.3 Å². The lowest BCUT2D eigenvalue weighted by atomic mass is 9.58. The molecular formula is C29H50O2. The lowest BCUT2D eigenvalue weighted by molar-refractivity contribution is -0.0833. The Morgan fingerprint density at radius 3 is 1.35 bits per heavy atom. The van der Waals surface area contributed by atoms with Crippen LogP contribution in [0.15, 0.2) is 12.1 Å². The van der Waals surface area contributed by atoms with E-state index >= 15 is 0 Å². The molecular weight excluding hydrogens is 380 g/mol. The second-order valence-corrected chi connectivity index (χ2v) is 14.5. The lowest BCUT2D eigenvalue weighted by Crippen LogP contribution is -2.48. The molecule has 0 spiro atoms. The normalized spacial score (nSPS) is 26.2. The molecule has 0 heterocycles. The predicted molar refractivity (Wildman–Crippen MR) is 134 cm³/mol. The molecule has 2 nitrogen and oxygen atoms in total. The third-order valence-electron chi connectivity index (χ3n) is 7.53. The lowest BCUT2D eigenvalue weighted by Gasteiger charge is -2.49. The number of phenolic OH excluding ortho intramolecular Hbond substituents is 1. The van der Waals surface area contributed by atoms with Gasteiger partial charge in [0.25, 0.3) is 0 Å². The first-order valence-corrected chi connectivity index (χ1v) is 12.3. The van der Waals surface area contributed by atoms with Gasteiger partial charge in [0.1, 0.15) is 5.75 Å². The third kappa shape index (κ3) is 6.06. The summed E-state index contributed by atoms with van der Waals surface area (Å²) >= 11 is 0. The van der Waals surface area contributed by atoms with Crippen molar-refractivity contribution in [1.82, 2.24) is 0 Å². The molecule has 2 unspecified atom stereocenters. The molecule has 0 aliphatic heterocycles. The Kier molecular flexibility index (Phi) is 7.11. The fourth-order valence-corrected chi connectivity index (χ4v) is 5.56. The molecule has 1 aliphatic rings. The van der Waals surface area contributed by atoms with E-state index in [4.69, 9.17) is 0 Å². The van der Waals surface area contributed by atoms with Crippen molar-refractivity contribution in [3.63, 3.8) is 0 Å². The van der Waals surface area contributed by atoms with Crippen molar-refractivity contribution in [2.75, 3.05) is 0 Å². The monoisotopic (exact) mass is 430 g/mol. The Hall–Kier alpha value is -1.02. The highest BCUT2D eigenvalue weighted by Gasteiger charge is 2.46. The molecule has 0 aromatic heterocycles. The second kappa shape index (κ2) is 8.40. The molecule has 1 fully saturated rings. The Bertz CT molecular complexity index is 703. The maximum absolute atomic E-state index is 11.3. The fourth-order valence-electron chi connectivity index (χ4n) is 5.56. The first-order valence-electron chi connectivity index (χ1n) is 12.3. The molecule has 178 valence electrons. The highest BCUT2D eigenvalue weighted by Crippen LogP contribution is 2.49. The van der Waals surface area contributed by atoms with Gasteiger partial charge in [-0.25, -0.2) is 0 Å². The SMILES string of the molecule is CC(C)(C)c1cc(CC2CC(C(C)(C)C)C(O)C(C(C)(C)C)C2)cc(C(C)(C)C)c1O. The average molecular weight is 431 g/mol. The minimum Gasteiger partial charge on any atom is -0.507 e. The Morgan fingerprint density at radius 1 is 0.710 bits per heavy atom. The van der Waals surface area contributed by atoms with Crippen molar-refractivity contribution in [3.8, 4) is 5.75 Å². The van der Waals surface area contributed by atoms with Gasteiger partial charge in [0, 0.05) is 0 Å². The zero-order valence-electron chi connectivity index (χ0n) is 22.5. The molecule has 0 saturated heterocycles. The summed E-state index contributed by atoms with van der Waals surface area (Å²) in [4.78, 5) is 0. The molecule has 2 rings (SSSR count). The van der Waals surface area contributed by atoms with Crippen LogP contribution in [0.2, 0.25) is 0 Å². The Labute approximate surface area is 192 Å². The molecule has 1 aromatic rings. The van der Waals surface area contributed by atoms with Crippen LogP contribution in [0.25, 0.3) is 0 Å². The quantitative estimate of drug-likeness (QED) is 0.506. The van der Waals surface area contributed by atoms with Crippen molar-refractivity contribution in [2.45, 2.75) is 119 Å². The number of benzene rings is 1. The van der Waals surface area contributed by atoms with E-state index in [9.17, 15) is 10.2 Å². The topological polar surface area (TPSA) is 40.5 Å². The second-order valence-electron chi connectivity index (χ2n) is 14.5. The summed E-state index contributed by atoms with van der Waals surface area (Å²) in [5, 5.41) is 22.4. The number of aromatic hydroxyl groups is 1. The van der Waals surface area contributed by atoms with Crippen molar-refractivity contribution in [2.24, 2.45) is 28.6 Å². The van der Waals surface area contributed by atoms with Crippen LogP contribution in [0.5, 0.6) is 5.75 Å². The zero-order chi connectivity index (χ0) is 24.2. The molecule has 31 heavy (non-hydrogen) atoms. The van der Waals surface area contributed by atoms with Gasteiger partial charge >= 0.3 is 0 Å². The smallest absolute Gasteiger partial charge is 0.123 e. The van der Waals surface area contributed by atoms with Gasteiger partial charge < -0.3 is 10.2 Å². The van der Waals surface area contributed by atoms with Crippen molar-refractivity contribution >= 4 is 0 Å². The van der Waals surface area contributed by atoms with E-state index in [1.807, 2.05) is 0 Å². The standard InChI is InChI=1S/C29H50O2/c1-26(2,3)20-14-18(15-21(24(20)30)27(4,5)6)13-19-16-22(28(7,8)9)25(31)23(17-19)29(10,11)12/h14-15,19,22-23,25,30-31H,13,16-17H2,1-12H3. The van der Waals surface area contributed by atoms with Crippen molar-refractivity contribution < 1.29 is 10.2 Å². The predicted octanol–water partition coefficient (Wildman–Crippen LogP) is 7.63. The molecule has 1 saturated carbocycles.